The Balaban J connectivity index is 1.75. The number of nitrogens with one attached hydrogen (secondary N) is 1. The molecule has 3 heteroatoms. The molecule has 0 aromatic carbocycles. The molecule has 15 heavy (non-hydrogen) atoms. The maximum absolute atomic E-state index is 4.35. The minimum absolute atomic E-state index is 0.686. The van der Waals surface area contributed by atoms with E-state index in [-0.39, 0.29) is 0 Å². The van der Waals surface area contributed by atoms with E-state index < -0.39 is 0 Å². The van der Waals surface area contributed by atoms with Gasteiger partial charge in [-0.15, -0.1) is 0 Å². The second-order valence-corrected chi connectivity index (χ2v) is 4.51. The molecule has 1 saturated heterocycles. The predicted molar refractivity (Wildman–Crippen MR) is 62.3 cm³/mol. The van der Waals surface area contributed by atoms with Crippen molar-refractivity contribution in [3.05, 3.63) is 18.3 Å². The van der Waals surface area contributed by atoms with E-state index in [0.717, 1.165) is 5.82 Å². The molecule has 1 aromatic heterocycles. The number of hydrogen-bond donors (Lipinski definition) is 1. The van der Waals surface area contributed by atoms with Crippen LogP contribution in [0.25, 0.3) is 0 Å². The topological polar surface area (TPSA) is 28.2 Å². The largest absolute Gasteiger partial charge is 0.371 e. The smallest absolute Gasteiger partial charge is 0.128 e. The minimum Gasteiger partial charge on any atom is -0.371 e. The molecule has 0 bridgehead atoms. The van der Waals surface area contributed by atoms with Crippen LogP contribution in [-0.4, -0.2) is 24.1 Å². The lowest BCUT2D eigenvalue weighted by atomic mass is 10.3. The van der Waals surface area contributed by atoms with Gasteiger partial charge in [0.05, 0.1) is 0 Å². The lowest BCUT2D eigenvalue weighted by Crippen LogP contribution is -2.17. The summed E-state index contributed by atoms with van der Waals surface area (Å²) in [4.78, 5) is 6.80. The van der Waals surface area contributed by atoms with Crippen LogP contribution in [0.2, 0.25) is 0 Å². The molecule has 2 aliphatic rings. The molecule has 0 radical (unpaired) electrons. The number of anilines is 2. The van der Waals surface area contributed by atoms with Gasteiger partial charge in [0, 0.05) is 37.1 Å². The monoisotopic (exact) mass is 203 g/mol. The maximum atomic E-state index is 4.35. The third kappa shape index (κ3) is 2.06. The van der Waals surface area contributed by atoms with Gasteiger partial charge in [-0.25, -0.2) is 4.98 Å². The van der Waals surface area contributed by atoms with Crippen LogP contribution in [0.1, 0.15) is 25.7 Å². The Labute approximate surface area is 90.5 Å². The molecule has 0 unspecified atom stereocenters. The van der Waals surface area contributed by atoms with Crippen molar-refractivity contribution in [2.24, 2.45) is 0 Å². The van der Waals surface area contributed by atoms with Gasteiger partial charge in [0.15, 0.2) is 0 Å². The van der Waals surface area contributed by atoms with E-state index in [2.05, 4.69) is 27.3 Å². The minimum atomic E-state index is 0.686. The Kier molecular flexibility index (Phi) is 2.24. The summed E-state index contributed by atoms with van der Waals surface area (Å²) in [5, 5.41) is 3.44. The van der Waals surface area contributed by atoms with Gasteiger partial charge in [-0.2, -0.15) is 0 Å². The van der Waals surface area contributed by atoms with E-state index >= 15 is 0 Å². The van der Waals surface area contributed by atoms with E-state index in [0.29, 0.717) is 6.04 Å². The van der Waals surface area contributed by atoms with E-state index in [1.807, 2.05) is 6.20 Å². The van der Waals surface area contributed by atoms with Crippen LogP contribution < -0.4 is 10.2 Å². The number of pyridine rings is 1. The van der Waals surface area contributed by atoms with Crippen molar-refractivity contribution < 1.29 is 0 Å². The molecule has 2 fully saturated rings. The third-order valence-corrected chi connectivity index (χ3v) is 3.14. The average Bonchev–Trinajstić information content (AvgIpc) is 2.91. The Morgan fingerprint density at radius 2 is 2.07 bits per heavy atom. The number of rotatable bonds is 3. The van der Waals surface area contributed by atoms with Crippen LogP contribution in [0.5, 0.6) is 0 Å². The Bertz CT molecular complexity index is 340. The zero-order valence-corrected chi connectivity index (χ0v) is 8.95. The Morgan fingerprint density at radius 1 is 1.27 bits per heavy atom. The SMILES string of the molecule is c1cc(N2CCCC2)cc(NC2CC2)n1. The summed E-state index contributed by atoms with van der Waals surface area (Å²) in [5.41, 5.74) is 1.32. The zero-order valence-electron chi connectivity index (χ0n) is 8.95. The van der Waals surface area contributed by atoms with Crippen molar-refractivity contribution in [3.8, 4) is 0 Å². The van der Waals surface area contributed by atoms with Crippen LogP contribution in [-0.2, 0) is 0 Å². The fraction of sp³-hybridized carbons (Fsp3) is 0.583. The average molecular weight is 203 g/mol. The van der Waals surface area contributed by atoms with Crippen molar-refractivity contribution in [2.75, 3.05) is 23.3 Å². The van der Waals surface area contributed by atoms with Gasteiger partial charge in [0.2, 0.25) is 0 Å². The van der Waals surface area contributed by atoms with Gasteiger partial charge >= 0.3 is 0 Å². The lowest BCUT2D eigenvalue weighted by Gasteiger charge is -2.18. The summed E-state index contributed by atoms with van der Waals surface area (Å²) < 4.78 is 0. The van der Waals surface area contributed by atoms with Crippen LogP contribution in [0.15, 0.2) is 18.3 Å². The first kappa shape index (κ1) is 9.01. The molecule has 0 spiro atoms. The molecule has 3 nitrogen and oxygen atoms in total. The third-order valence-electron chi connectivity index (χ3n) is 3.14. The number of nitrogens with zero attached hydrogens (tertiary/aromatic N) is 2. The van der Waals surface area contributed by atoms with Gasteiger partial charge in [0.25, 0.3) is 0 Å². The van der Waals surface area contributed by atoms with Crippen molar-refractivity contribution in [1.82, 2.24) is 4.98 Å². The predicted octanol–water partition coefficient (Wildman–Crippen LogP) is 2.26. The molecule has 0 atom stereocenters. The number of aromatic nitrogens is 1. The molecular weight excluding hydrogens is 186 g/mol. The fourth-order valence-electron chi connectivity index (χ4n) is 2.11. The standard InChI is InChI=1S/C12H17N3/c1-2-8-15(7-1)11-5-6-13-12(9-11)14-10-3-4-10/h5-6,9-10H,1-4,7-8H2,(H,13,14). The first-order chi connectivity index (χ1) is 7.42. The van der Waals surface area contributed by atoms with Crippen molar-refractivity contribution >= 4 is 11.5 Å². The van der Waals surface area contributed by atoms with Crippen LogP contribution in [0.4, 0.5) is 11.5 Å². The number of hydrogen-bond acceptors (Lipinski definition) is 3. The van der Waals surface area contributed by atoms with E-state index in [4.69, 9.17) is 0 Å². The second-order valence-electron chi connectivity index (χ2n) is 4.51. The molecule has 1 aliphatic heterocycles. The summed E-state index contributed by atoms with van der Waals surface area (Å²) in [7, 11) is 0. The van der Waals surface area contributed by atoms with Crippen LogP contribution >= 0.6 is 0 Å². The first-order valence-corrected chi connectivity index (χ1v) is 5.89. The quantitative estimate of drug-likeness (QED) is 0.816. The van der Waals surface area contributed by atoms with Gasteiger partial charge < -0.3 is 10.2 Å². The summed E-state index contributed by atoms with van der Waals surface area (Å²) >= 11 is 0. The first-order valence-electron chi connectivity index (χ1n) is 5.89. The highest BCUT2D eigenvalue weighted by Crippen LogP contribution is 2.26. The molecule has 3 rings (SSSR count). The summed E-state index contributed by atoms with van der Waals surface area (Å²) in [6, 6.07) is 4.99. The van der Waals surface area contributed by atoms with Gasteiger partial charge in [0.1, 0.15) is 5.82 Å². The summed E-state index contributed by atoms with van der Waals surface area (Å²) in [5.74, 6) is 1.04. The summed E-state index contributed by atoms with van der Waals surface area (Å²) in [6.07, 6.45) is 7.17. The van der Waals surface area contributed by atoms with Crippen molar-refractivity contribution in [2.45, 2.75) is 31.7 Å². The van der Waals surface area contributed by atoms with E-state index in [9.17, 15) is 0 Å². The van der Waals surface area contributed by atoms with Gasteiger partial charge in [-0.3, -0.25) is 0 Å². The second kappa shape index (κ2) is 3.72. The molecular formula is C12H17N3. The molecule has 2 heterocycles. The van der Waals surface area contributed by atoms with E-state index in [1.54, 1.807) is 0 Å². The molecule has 1 aromatic rings. The molecule has 80 valence electrons. The van der Waals surface area contributed by atoms with Crippen molar-refractivity contribution in [1.29, 1.82) is 0 Å². The van der Waals surface area contributed by atoms with Gasteiger partial charge in [-0.05, 0) is 31.7 Å². The van der Waals surface area contributed by atoms with Crippen molar-refractivity contribution in [3.63, 3.8) is 0 Å². The Morgan fingerprint density at radius 3 is 2.80 bits per heavy atom. The maximum Gasteiger partial charge on any atom is 0.128 e. The van der Waals surface area contributed by atoms with E-state index in [1.165, 1.54) is 44.5 Å². The molecule has 1 aliphatic carbocycles. The molecule has 0 amide bonds. The molecule has 1 saturated carbocycles. The molecule has 1 N–H and O–H groups in total. The highest BCUT2D eigenvalue weighted by Gasteiger charge is 2.21. The normalized spacial score (nSPS) is 20.7. The van der Waals surface area contributed by atoms with Gasteiger partial charge in [-0.1, -0.05) is 0 Å². The van der Waals surface area contributed by atoms with Crippen LogP contribution in [0.3, 0.4) is 0 Å². The lowest BCUT2D eigenvalue weighted by molar-refractivity contribution is 0.949. The van der Waals surface area contributed by atoms with Crippen LogP contribution in [0, 0.1) is 0 Å². The highest BCUT2D eigenvalue weighted by molar-refractivity contribution is 5.54. The summed E-state index contributed by atoms with van der Waals surface area (Å²) in [6.45, 7) is 2.40. The Hall–Kier alpha value is -1.25. The fourth-order valence-corrected chi connectivity index (χ4v) is 2.11. The highest BCUT2D eigenvalue weighted by atomic mass is 15.1. The zero-order chi connectivity index (χ0) is 10.1.